The Bertz CT molecular complexity index is 992. The predicted molar refractivity (Wildman–Crippen MR) is 182 cm³/mol. The minimum absolute atomic E-state index is 0.0813. The van der Waals surface area contributed by atoms with E-state index in [1.165, 1.54) is 101 Å². The Morgan fingerprint density at radius 2 is 0.932 bits per heavy atom. The van der Waals surface area contributed by atoms with E-state index in [4.69, 9.17) is 9.47 Å². The van der Waals surface area contributed by atoms with Crippen LogP contribution < -0.4 is 0 Å². The molecule has 1 aliphatic heterocycles. The van der Waals surface area contributed by atoms with Gasteiger partial charge in [-0.3, -0.25) is 4.79 Å². The molecule has 0 saturated carbocycles. The van der Waals surface area contributed by atoms with Gasteiger partial charge in [-0.05, 0) is 42.4 Å². The normalized spacial score (nSPS) is 12.8. The van der Waals surface area contributed by atoms with Crippen molar-refractivity contribution in [3.05, 3.63) is 108 Å². The second-order valence-corrected chi connectivity index (χ2v) is 11.9. The Kier molecular flexibility index (Phi) is 18.2. The van der Waals surface area contributed by atoms with Crippen LogP contribution in [0.1, 0.15) is 119 Å². The molecule has 3 aromatic carbocycles. The highest BCUT2D eigenvalue weighted by molar-refractivity contribution is 5.68. The molecule has 0 radical (unpaired) electrons. The fraction of sp³-hybridized carbons (Fsp3) is 0.525. The molecule has 1 fully saturated rings. The number of rotatable bonds is 20. The maximum Gasteiger partial charge on any atom is 0.305 e. The van der Waals surface area contributed by atoms with Crippen LogP contribution in [0.25, 0.3) is 0 Å². The van der Waals surface area contributed by atoms with Crippen LogP contribution in [0.3, 0.4) is 0 Å². The minimum atomic E-state index is -0.606. The standard InChI is InChI=1S/C36H48O3.C4H8O/c1-38-35(37)30-22-11-9-7-5-3-2-4-6-8-10-12-23-31-39-36(32-24-16-13-17-25-32,33-26-18-14-19-27-33)34-28-20-15-21-29-34;1-2-4-5-3-1/h13-21,24-29H,2-12,22-23,30-31H2,1H3;1-4H2. The molecule has 4 nitrogen and oxygen atoms in total. The van der Waals surface area contributed by atoms with Crippen molar-refractivity contribution < 1.29 is 19.0 Å². The number of benzene rings is 3. The van der Waals surface area contributed by atoms with Gasteiger partial charge in [-0.2, -0.15) is 0 Å². The zero-order chi connectivity index (χ0) is 31.0. The molecule has 0 aromatic heterocycles. The maximum atomic E-state index is 11.1. The van der Waals surface area contributed by atoms with Crippen molar-refractivity contribution in [1.29, 1.82) is 0 Å². The molecule has 0 bridgehead atoms. The molecule has 1 saturated heterocycles. The van der Waals surface area contributed by atoms with Gasteiger partial charge in [0.15, 0.2) is 0 Å². The van der Waals surface area contributed by atoms with Crippen molar-refractivity contribution in [2.75, 3.05) is 26.9 Å². The molecule has 4 heteroatoms. The molecule has 44 heavy (non-hydrogen) atoms. The predicted octanol–water partition coefficient (Wildman–Crippen LogP) is 10.4. The SMILES string of the molecule is C1CCOC1.COC(=O)CCCCCCCCCCCCCCCOC(c1ccccc1)(c1ccccc1)c1ccccc1. The van der Waals surface area contributed by atoms with E-state index in [-0.39, 0.29) is 5.97 Å². The summed E-state index contributed by atoms with van der Waals surface area (Å²) in [5.74, 6) is -0.0813. The summed E-state index contributed by atoms with van der Waals surface area (Å²) < 4.78 is 16.5. The molecule has 0 atom stereocenters. The number of esters is 1. The molecule has 0 aliphatic carbocycles. The van der Waals surface area contributed by atoms with E-state index < -0.39 is 5.60 Å². The summed E-state index contributed by atoms with van der Waals surface area (Å²) in [4.78, 5) is 11.1. The van der Waals surface area contributed by atoms with Crippen LogP contribution in [0.2, 0.25) is 0 Å². The molecule has 240 valence electrons. The molecule has 0 unspecified atom stereocenters. The summed E-state index contributed by atoms with van der Waals surface area (Å²) in [5.41, 5.74) is 2.90. The summed E-state index contributed by atoms with van der Waals surface area (Å²) in [6.07, 6.45) is 19.3. The molecular formula is C40H56O4. The number of carbonyl (C=O) groups excluding carboxylic acids is 1. The molecule has 3 aromatic rings. The van der Waals surface area contributed by atoms with Crippen molar-refractivity contribution in [2.24, 2.45) is 0 Å². The highest BCUT2D eigenvalue weighted by Crippen LogP contribution is 2.40. The molecule has 0 spiro atoms. The zero-order valence-electron chi connectivity index (χ0n) is 27.2. The van der Waals surface area contributed by atoms with Crippen LogP contribution in [0, 0.1) is 0 Å². The van der Waals surface area contributed by atoms with Crippen LogP contribution in [0.4, 0.5) is 0 Å². The van der Waals surface area contributed by atoms with E-state index in [0.29, 0.717) is 6.42 Å². The number of ether oxygens (including phenoxy) is 3. The monoisotopic (exact) mass is 600 g/mol. The Morgan fingerprint density at radius 3 is 1.27 bits per heavy atom. The van der Waals surface area contributed by atoms with Crippen LogP contribution >= 0.6 is 0 Å². The number of carbonyl (C=O) groups is 1. The number of methoxy groups -OCH3 is 1. The van der Waals surface area contributed by atoms with Crippen molar-refractivity contribution >= 4 is 5.97 Å². The second kappa shape index (κ2) is 22.5. The van der Waals surface area contributed by atoms with Gasteiger partial charge in [0.2, 0.25) is 0 Å². The maximum absolute atomic E-state index is 11.1. The first-order valence-electron chi connectivity index (χ1n) is 17.2. The lowest BCUT2D eigenvalue weighted by molar-refractivity contribution is -0.140. The van der Waals surface area contributed by atoms with Crippen LogP contribution in [-0.2, 0) is 24.6 Å². The van der Waals surface area contributed by atoms with Gasteiger partial charge in [0.05, 0.1) is 7.11 Å². The average Bonchev–Trinajstić information content (AvgIpc) is 3.68. The molecule has 4 rings (SSSR count). The van der Waals surface area contributed by atoms with Crippen molar-refractivity contribution in [2.45, 2.75) is 108 Å². The highest BCUT2D eigenvalue weighted by Gasteiger charge is 2.37. The smallest absolute Gasteiger partial charge is 0.305 e. The summed E-state index contributed by atoms with van der Waals surface area (Å²) in [5, 5.41) is 0. The lowest BCUT2D eigenvalue weighted by Gasteiger charge is -2.36. The Hall–Kier alpha value is -2.95. The summed E-state index contributed by atoms with van der Waals surface area (Å²) >= 11 is 0. The van der Waals surface area contributed by atoms with Gasteiger partial charge >= 0.3 is 5.97 Å². The lowest BCUT2D eigenvalue weighted by atomic mass is 9.80. The van der Waals surface area contributed by atoms with Gasteiger partial charge in [0.1, 0.15) is 5.60 Å². The Balaban J connectivity index is 0.000000958. The number of hydrogen-bond acceptors (Lipinski definition) is 4. The van der Waals surface area contributed by atoms with E-state index in [2.05, 4.69) is 95.7 Å². The van der Waals surface area contributed by atoms with Gasteiger partial charge in [0.25, 0.3) is 0 Å². The number of hydrogen-bond donors (Lipinski definition) is 0. The topological polar surface area (TPSA) is 44.8 Å². The first-order valence-corrected chi connectivity index (χ1v) is 17.2. The first kappa shape index (κ1) is 35.5. The largest absolute Gasteiger partial charge is 0.469 e. The fourth-order valence-corrected chi connectivity index (χ4v) is 5.92. The van der Waals surface area contributed by atoms with E-state index in [9.17, 15) is 4.79 Å². The van der Waals surface area contributed by atoms with E-state index >= 15 is 0 Å². The molecule has 0 amide bonds. The summed E-state index contributed by atoms with van der Waals surface area (Å²) in [7, 11) is 1.46. The Labute approximate surface area is 267 Å². The number of unbranched alkanes of at least 4 members (excludes halogenated alkanes) is 12. The average molecular weight is 601 g/mol. The summed E-state index contributed by atoms with van der Waals surface area (Å²) in [6, 6.07) is 31.9. The third-order valence-electron chi connectivity index (χ3n) is 8.44. The van der Waals surface area contributed by atoms with Gasteiger partial charge < -0.3 is 14.2 Å². The van der Waals surface area contributed by atoms with Crippen molar-refractivity contribution in [1.82, 2.24) is 0 Å². The zero-order valence-corrected chi connectivity index (χ0v) is 27.2. The highest BCUT2D eigenvalue weighted by atomic mass is 16.5. The van der Waals surface area contributed by atoms with Gasteiger partial charge in [0, 0.05) is 26.2 Å². The second-order valence-electron chi connectivity index (χ2n) is 11.9. The quantitative estimate of drug-likeness (QED) is 0.0735. The van der Waals surface area contributed by atoms with Gasteiger partial charge in [-0.15, -0.1) is 0 Å². The van der Waals surface area contributed by atoms with Gasteiger partial charge in [-0.25, -0.2) is 0 Å². The fourth-order valence-electron chi connectivity index (χ4n) is 5.92. The van der Waals surface area contributed by atoms with E-state index in [0.717, 1.165) is 39.1 Å². The van der Waals surface area contributed by atoms with E-state index in [1.54, 1.807) is 0 Å². The summed E-state index contributed by atoms with van der Waals surface area (Å²) in [6.45, 7) is 2.73. The van der Waals surface area contributed by atoms with Crippen LogP contribution in [-0.4, -0.2) is 32.9 Å². The van der Waals surface area contributed by atoms with Crippen LogP contribution in [0.5, 0.6) is 0 Å². The van der Waals surface area contributed by atoms with Crippen molar-refractivity contribution in [3.63, 3.8) is 0 Å². The lowest BCUT2D eigenvalue weighted by Crippen LogP contribution is -2.33. The first-order chi connectivity index (χ1) is 21.8. The van der Waals surface area contributed by atoms with Crippen molar-refractivity contribution in [3.8, 4) is 0 Å². The third kappa shape index (κ3) is 13.0. The molecule has 1 heterocycles. The molecule has 1 aliphatic rings. The van der Waals surface area contributed by atoms with E-state index in [1.807, 2.05) is 0 Å². The molecule has 0 N–H and O–H groups in total. The van der Waals surface area contributed by atoms with Crippen LogP contribution in [0.15, 0.2) is 91.0 Å². The molecular weight excluding hydrogens is 544 g/mol. The third-order valence-corrected chi connectivity index (χ3v) is 8.44. The Morgan fingerprint density at radius 1 is 0.568 bits per heavy atom. The minimum Gasteiger partial charge on any atom is -0.469 e. The van der Waals surface area contributed by atoms with Gasteiger partial charge in [-0.1, -0.05) is 162 Å².